The van der Waals surface area contributed by atoms with E-state index in [1.807, 2.05) is 43.3 Å². The second-order valence-electron chi connectivity index (χ2n) is 11.2. The number of likely N-dealkylation sites (N-methyl/N-ethyl adjacent to an activating group) is 1. The largest absolute Gasteiger partial charge is 0.486 e. The molecule has 0 aliphatic carbocycles. The molecule has 12 heteroatoms. The van der Waals surface area contributed by atoms with Gasteiger partial charge in [0.15, 0.2) is 5.75 Å². The zero-order chi connectivity index (χ0) is 32.3. The Labute approximate surface area is 261 Å². The fourth-order valence-corrected chi connectivity index (χ4v) is 6.49. The molecule has 0 spiro atoms. The molecular weight excluding hydrogens is 599 g/mol. The topological polar surface area (TPSA) is 128 Å². The molecule has 0 unspecified atom stereocenters. The number of aliphatic hydroxyl groups is 1. The Morgan fingerprint density at radius 1 is 1.02 bits per heavy atom. The van der Waals surface area contributed by atoms with E-state index in [2.05, 4.69) is 10.6 Å². The van der Waals surface area contributed by atoms with Crippen LogP contribution in [0.3, 0.4) is 0 Å². The standard InChI is InChI=1S/C33H35FN4O6S/c1-21-18-38(22(2)20-39)32(40)27-11-7-13-29(36-33(41)35-28-12-6-9-23-8-4-5-10-26(23)28)31(27)44-30(21)19-37(3)45(42,43)25-16-14-24(34)15-17-25/h4-17,21-22,30,39H,18-20H2,1-3H3,(H2,35,36,41)/t21-,22-,30-/m0/s1. The van der Waals surface area contributed by atoms with Gasteiger partial charge in [-0.25, -0.2) is 17.6 Å². The average molecular weight is 635 g/mol. The highest BCUT2D eigenvalue weighted by Crippen LogP contribution is 2.35. The Morgan fingerprint density at radius 3 is 2.40 bits per heavy atom. The Bertz CT molecular complexity index is 1810. The highest BCUT2D eigenvalue weighted by molar-refractivity contribution is 7.89. The molecule has 0 fully saturated rings. The second kappa shape index (κ2) is 13.2. The van der Waals surface area contributed by atoms with Crippen LogP contribution in [0.5, 0.6) is 5.75 Å². The van der Waals surface area contributed by atoms with Gasteiger partial charge in [-0.1, -0.05) is 49.4 Å². The van der Waals surface area contributed by atoms with Gasteiger partial charge in [0.25, 0.3) is 5.91 Å². The summed E-state index contributed by atoms with van der Waals surface area (Å²) in [6.45, 7) is 3.30. The molecule has 1 heterocycles. The summed E-state index contributed by atoms with van der Waals surface area (Å²) in [5, 5.41) is 17.4. The Hall–Kier alpha value is -4.52. The highest BCUT2D eigenvalue weighted by Gasteiger charge is 2.36. The van der Waals surface area contributed by atoms with Gasteiger partial charge >= 0.3 is 6.03 Å². The third-order valence-corrected chi connectivity index (χ3v) is 9.77. The lowest BCUT2D eigenvalue weighted by Crippen LogP contribution is -2.50. The van der Waals surface area contributed by atoms with E-state index in [0.29, 0.717) is 5.69 Å². The Morgan fingerprint density at radius 2 is 1.67 bits per heavy atom. The minimum Gasteiger partial charge on any atom is -0.486 e. The van der Waals surface area contributed by atoms with E-state index < -0.39 is 45.8 Å². The van der Waals surface area contributed by atoms with Crippen LogP contribution >= 0.6 is 0 Å². The van der Waals surface area contributed by atoms with Gasteiger partial charge in [-0.05, 0) is 54.8 Å². The maximum absolute atomic E-state index is 13.8. The van der Waals surface area contributed by atoms with Crippen LogP contribution in [0.4, 0.5) is 20.6 Å². The SMILES string of the molecule is C[C@H]1CN([C@@H](C)CO)C(=O)c2cccc(NC(=O)Nc3cccc4ccccc34)c2O[C@H]1CN(C)S(=O)(=O)c1ccc(F)cc1. The average Bonchev–Trinajstić information content (AvgIpc) is 3.03. The first-order chi connectivity index (χ1) is 21.5. The summed E-state index contributed by atoms with van der Waals surface area (Å²) in [7, 11) is -2.62. The van der Waals surface area contributed by atoms with Crippen molar-refractivity contribution in [3.8, 4) is 5.75 Å². The molecule has 0 saturated heterocycles. The molecule has 10 nitrogen and oxygen atoms in total. The zero-order valence-electron chi connectivity index (χ0n) is 25.1. The summed E-state index contributed by atoms with van der Waals surface area (Å²) >= 11 is 0. The Balaban J connectivity index is 1.48. The summed E-state index contributed by atoms with van der Waals surface area (Å²) in [5.74, 6) is -1.28. The number of sulfonamides is 1. The van der Waals surface area contributed by atoms with Gasteiger partial charge in [0.05, 0.1) is 41.0 Å². The van der Waals surface area contributed by atoms with Crippen LogP contribution in [0, 0.1) is 11.7 Å². The number of urea groups is 1. The number of carbonyl (C=O) groups excluding carboxylic acids is 2. The van der Waals surface area contributed by atoms with Crippen LogP contribution in [0.1, 0.15) is 24.2 Å². The molecule has 0 radical (unpaired) electrons. The van der Waals surface area contributed by atoms with E-state index in [1.54, 1.807) is 31.2 Å². The molecule has 5 rings (SSSR count). The van der Waals surface area contributed by atoms with Crippen LogP contribution in [-0.4, -0.2) is 73.6 Å². The molecule has 0 saturated carbocycles. The number of aliphatic hydroxyl groups excluding tert-OH is 1. The summed E-state index contributed by atoms with van der Waals surface area (Å²) < 4.78 is 47.8. The van der Waals surface area contributed by atoms with Gasteiger partial charge in [-0.3, -0.25) is 4.79 Å². The number of fused-ring (bicyclic) bond motifs is 2. The number of anilines is 2. The quantitative estimate of drug-likeness (QED) is 0.246. The molecule has 0 bridgehead atoms. The van der Waals surface area contributed by atoms with Crippen molar-refractivity contribution in [2.75, 3.05) is 37.4 Å². The minimum absolute atomic E-state index is 0.0786. The summed E-state index contributed by atoms with van der Waals surface area (Å²) in [5.41, 5.74) is 0.945. The van der Waals surface area contributed by atoms with Gasteiger partial charge in [-0.15, -0.1) is 0 Å². The fourth-order valence-electron chi connectivity index (χ4n) is 5.31. The molecule has 3 amide bonds. The van der Waals surface area contributed by atoms with E-state index in [0.717, 1.165) is 27.2 Å². The number of hydrogen-bond donors (Lipinski definition) is 3. The van der Waals surface area contributed by atoms with Gasteiger partial charge in [-0.2, -0.15) is 4.31 Å². The lowest BCUT2D eigenvalue weighted by atomic mass is 9.99. The number of rotatable bonds is 8. The van der Waals surface area contributed by atoms with Crippen LogP contribution in [0.2, 0.25) is 0 Å². The third kappa shape index (κ3) is 6.77. The van der Waals surface area contributed by atoms with Crippen molar-refractivity contribution in [1.82, 2.24) is 9.21 Å². The fraction of sp³-hybridized carbons (Fsp3) is 0.273. The zero-order valence-corrected chi connectivity index (χ0v) is 25.9. The molecule has 1 aliphatic heterocycles. The molecule has 4 aromatic rings. The second-order valence-corrected chi connectivity index (χ2v) is 13.2. The molecule has 45 heavy (non-hydrogen) atoms. The maximum Gasteiger partial charge on any atom is 0.323 e. The van der Waals surface area contributed by atoms with E-state index in [1.165, 1.54) is 24.1 Å². The van der Waals surface area contributed by atoms with Crippen LogP contribution in [-0.2, 0) is 10.0 Å². The smallest absolute Gasteiger partial charge is 0.323 e. The number of para-hydroxylation sites is 1. The number of benzene rings is 4. The van der Waals surface area contributed by atoms with E-state index in [9.17, 15) is 27.5 Å². The molecule has 1 aliphatic rings. The highest BCUT2D eigenvalue weighted by atomic mass is 32.2. The first-order valence-corrected chi connectivity index (χ1v) is 15.9. The number of nitrogens with zero attached hydrogens (tertiary/aromatic N) is 2. The van der Waals surface area contributed by atoms with Gasteiger partial charge in [0.2, 0.25) is 10.0 Å². The number of carbonyl (C=O) groups is 2. The molecule has 0 aromatic heterocycles. The van der Waals surface area contributed by atoms with E-state index in [4.69, 9.17) is 4.74 Å². The number of ether oxygens (including phenoxy) is 1. The number of halogens is 1. The molecule has 3 atom stereocenters. The summed E-state index contributed by atoms with van der Waals surface area (Å²) in [6, 6.07) is 21.3. The summed E-state index contributed by atoms with van der Waals surface area (Å²) in [4.78, 5) is 28.5. The Kier molecular flexibility index (Phi) is 9.37. The van der Waals surface area contributed by atoms with Crippen molar-refractivity contribution < 1.29 is 32.2 Å². The van der Waals surface area contributed by atoms with Crippen molar-refractivity contribution in [2.24, 2.45) is 5.92 Å². The monoisotopic (exact) mass is 634 g/mol. The van der Waals surface area contributed by atoms with Crippen molar-refractivity contribution in [3.05, 3.63) is 96.3 Å². The number of nitrogens with one attached hydrogen (secondary N) is 2. The van der Waals surface area contributed by atoms with Crippen LogP contribution < -0.4 is 15.4 Å². The van der Waals surface area contributed by atoms with Gasteiger partial charge < -0.3 is 25.4 Å². The lowest BCUT2D eigenvalue weighted by molar-refractivity contribution is 0.0389. The van der Waals surface area contributed by atoms with Gasteiger partial charge in [0.1, 0.15) is 11.9 Å². The van der Waals surface area contributed by atoms with E-state index in [-0.39, 0.29) is 41.6 Å². The van der Waals surface area contributed by atoms with Gasteiger partial charge in [0, 0.05) is 24.9 Å². The normalized spacial score (nSPS) is 17.6. The predicted octanol–water partition coefficient (Wildman–Crippen LogP) is 5.16. The van der Waals surface area contributed by atoms with Crippen molar-refractivity contribution in [2.45, 2.75) is 30.9 Å². The summed E-state index contributed by atoms with van der Waals surface area (Å²) in [6.07, 6.45) is -0.783. The molecular formula is C33H35FN4O6S. The molecule has 4 aromatic carbocycles. The van der Waals surface area contributed by atoms with Crippen molar-refractivity contribution in [1.29, 1.82) is 0 Å². The van der Waals surface area contributed by atoms with Crippen molar-refractivity contribution >= 4 is 44.1 Å². The third-order valence-electron chi connectivity index (χ3n) is 7.94. The lowest BCUT2D eigenvalue weighted by Gasteiger charge is -2.38. The molecule has 3 N–H and O–H groups in total. The first-order valence-electron chi connectivity index (χ1n) is 14.5. The maximum atomic E-state index is 13.8. The van der Waals surface area contributed by atoms with Crippen LogP contribution in [0.25, 0.3) is 10.8 Å². The van der Waals surface area contributed by atoms with E-state index >= 15 is 0 Å². The molecule has 236 valence electrons. The van der Waals surface area contributed by atoms with Crippen LogP contribution in [0.15, 0.2) is 89.8 Å². The number of hydrogen-bond acceptors (Lipinski definition) is 6. The van der Waals surface area contributed by atoms with Crippen molar-refractivity contribution in [3.63, 3.8) is 0 Å². The number of amides is 3. The predicted molar refractivity (Wildman–Crippen MR) is 170 cm³/mol. The minimum atomic E-state index is -4.02. The first kappa shape index (κ1) is 31.9.